The Kier molecular flexibility index (Phi) is 3.39. The molecule has 3 unspecified atom stereocenters. The van der Waals surface area contributed by atoms with E-state index in [0.29, 0.717) is 6.29 Å². The third-order valence-electron chi connectivity index (χ3n) is 2.79. The van der Waals surface area contributed by atoms with Gasteiger partial charge in [0.15, 0.2) is 6.29 Å². The third kappa shape index (κ3) is 2.12. The van der Waals surface area contributed by atoms with Gasteiger partial charge in [-0.15, -0.1) is 0 Å². The van der Waals surface area contributed by atoms with Crippen LogP contribution in [0.5, 0.6) is 0 Å². The minimum atomic E-state index is -1.37. The Morgan fingerprint density at radius 2 is 2.44 bits per heavy atom. The fourth-order valence-corrected chi connectivity index (χ4v) is 1.82. The number of halogens is 1. The molecule has 3 atom stereocenters. The average molecular weight is 257 g/mol. The number of rotatable bonds is 3. The number of nitrogens with zero attached hydrogens (tertiary/aromatic N) is 2. The SMILES string of the molecule is Nc1nc(=O)n(C2CC(F)C(CO)O2)cc1C=O. The van der Waals surface area contributed by atoms with Gasteiger partial charge in [0, 0.05) is 12.6 Å². The van der Waals surface area contributed by atoms with Gasteiger partial charge in [-0.25, -0.2) is 9.18 Å². The largest absolute Gasteiger partial charge is 0.394 e. The standard InChI is InChI=1S/C10H12FN3O4/c11-6-1-8(18-7(6)4-16)14-2-5(3-15)9(12)13-10(14)17/h2-3,6-8,16H,1,4H2,(H2,12,13,17). The Bertz CT molecular complexity index is 518. The molecule has 2 rings (SSSR count). The number of alkyl halides is 1. The predicted octanol–water partition coefficient (Wildman–Crippen LogP) is -0.744. The Morgan fingerprint density at radius 1 is 1.72 bits per heavy atom. The lowest BCUT2D eigenvalue weighted by Crippen LogP contribution is -2.29. The van der Waals surface area contributed by atoms with Crippen molar-refractivity contribution in [1.82, 2.24) is 9.55 Å². The van der Waals surface area contributed by atoms with E-state index in [4.69, 9.17) is 15.6 Å². The fraction of sp³-hybridized carbons (Fsp3) is 0.500. The number of hydrogen-bond donors (Lipinski definition) is 2. The summed E-state index contributed by atoms with van der Waals surface area (Å²) in [6, 6.07) is 0. The normalized spacial score (nSPS) is 27.3. The topological polar surface area (TPSA) is 107 Å². The predicted molar refractivity (Wildman–Crippen MR) is 58.8 cm³/mol. The van der Waals surface area contributed by atoms with Crippen molar-refractivity contribution in [3.05, 3.63) is 22.2 Å². The molecule has 1 aliphatic rings. The van der Waals surface area contributed by atoms with Crippen LogP contribution in [-0.2, 0) is 4.74 Å². The smallest absolute Gasteiger partial charge is 0.351 e. The Balaban J connectivity index is 2.35. The molecule has 8 heteroatoms. The van der Waals surface area contributed by atoms with Crippen LogP contribution in [0.4, 0.5) is 10.2 Å². The second kappa shape index (κ2) is 4.83. The van der Waals surface area contributed by atoms with E-state index in [2.05, 4.69) is 4.98 Å². The lowest BCUT2D eigenvalue weighted by Gasteiger charge is -2.14. The van der Waals surface area contributed by atoms with E-state index in [9.17, 15) is 14.0 Å². The molecule has 1 aromatic rings. The van der Waals surface area contributed by atoms with Crippen molar-refractivity contribution in [2.75, 3.05) is 12.3 Å². The first kappa shape index (κ1) is 12.7. The van der Waals surface area contributed by atoms with E-state index >= 15 is 0 Å². The molecule has 1 aromatic heterocycles. The van der Waals surface area contributed by atoms with Crippen LogP contribution >= 0.6 is 0 Å². The summed E-state index contributed by atoms with van der Waals surface area (Å²) in [5.74, 6) is -0.181. The maximum Gasteiger partial charge on any atom is 0.351 e. The van der Waals surface area contributed by atoms with Crippen molar-refractivity contribution >= 4 is 12.1 Å². The number of carbonyl (C=O) groups is 1. The van der Waals surface area contributed by atoms with Crippen molar-refractivity contribution < 1.29 is 19.0 Å². The molecule has 98 valence electrons. The lowest BCUT2D eigenvalue weighted by molar-refractivity contribution is -0.0355. The highest BCUT2D eigenvalue weighted by Gasteiger charge is 2.36. The molecule has 0 aliphatic carbocycles. The molecule has 0 amide bonds. The zero-order chi connectivity index (χ0) is 13.3. The van der Waals surface area contributed by atoms with Crippen LogP contribution in [0.3, 0.4) is 0 Å². The number of hydrogen-bond acceptors (Lipinski definition) is 6. The number of nitrogen functional groups attached to an aromatic ring is 1. The van der Waals surface area contributed by atoms with Crippen LogP contribution in [0.15, 0.2) is 11.0 Å². The molecule has 1 aliphatic heterocycles. The quantitative estimate of drug-likeness (QED) is 0.690. The molecule has 0 bridgehead atoms. The van der Waals surface area contributed by atoms with Gasteiger partial charge in [-0.2, -0.15) is 4.98 Å². The third-order valence-corrected chi connectivity index (χ3v) is 2.79. The average Bonchev–Trinajstić information content (AvgIpc) is 2.70. The van der Waals surface area contributed by atoms with Crippen LogP contribution in [0.1, 0.15) is 23.0 Å². The van der Waals surface area contributed by atoms with Crippen LogP contribution < -0.4 is 11.4 Å². The van der Waals surface area contributed by atoms with Crippen LogP contribution in [0.2, 0.25) is 0 Å². The first-order valence-corrected chi connectivity index (χ1v) is 5.31. The number of aldehydes is 1. The summed E-state index contributed by atoms with van der Waals surface area (Å²) >= 11 is 0. The minimum Gasteiger partial charge on any atom is -0.394 e. The molecule has 2 heterocycles. The molecule has 3 N–H and O–H groups in total. The fourth-order valence-electron chi connectivity index (χ4n) is 1.82. The summed E-state index contributed by atoms with van der Waals surface area (Å²) in [6.07, 6.45) is -1.70. The summed E-state index contributed by atoms with van der Waals surface area (Å²) in [5, 5.41) is 8.87. The lowest BCUT2D eigenvalue weighted by atomic mass is 10.2. The van der Waals surface area contributed by atoms with Crippen molar-refractivity contribution in [2.45, 2.75) is 24.9 Å². The maximum absolute atomic E-state index is 13.4. The number of anilines is 1. The molecule has 18 heavy (non-hydrogen) atoms. The van der Waals surface area contributed by atoms with E-state index in [0.717, 1.165) is 4.57 Å². The van der Waals surface area contributed by atoms with Gasteiger partial charge in [-0.1, -0.05) is 0 Å². The van der Waals surface area contributed by atoms with Gasteiger partial charge in [-0.05, 0) is 0 Å². The first-order valence-electron chi connectivity index (χ1n) is 5.31. The van der Waals surface area contributed by atoms with Gasteiger partial charge in [-0.3, -0.25) is 9.36 Å². The van der Waals surface area contributed by atoms with Crippen molar-refractivity contribution in [3.63, 3.8) is 0 Å². The monoisotopic (exact) mass is 257 g/mol. The summed E-state index contributed by atoms with van der Waals surface area (Å²) in [5.41, 5.74) is 4.67. The van der Waals surface area contributed by atoms with Crippen LogP contribution in [0.25, 0.3) is 0 Å². The zero-order valence-corrected chi connectivity index (χ0v) is 9.32. The van der Waals surface area contributed by atoms with Crippen molar-refractivity contribution in [3.8, 4) is 0 Å². The number of aliphatic hydroxyl groups is 1. The molecule has 1 saturated heterocycles. The Morgan fingerprint density at radius 3 is 3.00 bits per heavy atom. The van der Waals surface area contributed by atoms with Crippen LogP contribution in [-0.4, -0.2) is 39.8 Å². The van der Waals surface area contributed by atoms with Crippen molar-refractivity contribution in [2.24, 2.45) is 0 Å². The minimum absolute atomic E-state index is 0.0288. The van der Waals surface area contributed by atoms with E-state index in [1.165, 1.54) is 6.20 Å². The highest BCUT2D eigenvalue weighted by Crippen LogP contribution is 2.29. The molecule has 0 radical (unpaired) electrons. The van der Waals surface area contributed by atoms with Gasteiger partial charge >= 0.3 is 5.69 Å². The number of carbonyl (C=O) groups excluding carboxylic acids is 1. The number of nitrogens with two attached hydrogens (primary N) is 1. The van der Waals surface area contributed by atoms with Gasteiger partial charge < -0.3 is 15.6 Å². The highest BCUT2D eigenvalue weighted by atomic mass is 19.1. The first-order chi connectivity index (χ1) is 8.56. The number of aromatic nitrogens is 2. The molecule has 0 aromatic carbocycles. The van der Waals surface area contributed by atoms with Crippen molar-refractivity contribution in [1.29, 1.82) is 0 Å². The molecule has 1 fully saturated rings. The zero-order valence-electron chi connectivity index (χ0n) is 9.32. The summed E-state index contributed by atoms with van der Waals surface area (Å²) in [4.78, 5) is 25.7. The second-order valence-electron chi connectivity index (χ2n) is 3.95. The molecule has 0 spiro atoms. The summed E-state index contributed by atoms with van der Waals surface area (Å²) in [7, 11) is 0. The second-order valence-corrected chi connectivity index (χ2v) is 3.95. The van der Waals surface area contributed by atoms with E-state index in [1.54, 1.807) is 0 Å². The van der Waals surface area contributed by atoms with Gasteiger partial charge in [0.2, 0.25) is 0 Å². The van der Waals surface area contributed by atoms with E-state index in [-0.39, 0.29) is 17.8 Å². The van der Waals surface area contributed by atoms with Crippen LogP contribution in [0, 0.1) is 0 Å². The Labute approximate surface area is 101 Å². The van der Waals surface area contributed by atoms with Gasteiger partial charge in [0.1, 0.15) is 24.3 Å². The van der Waals surface area contributed by atoms with Gasteiger partial charge in [0.05, 0.1) is 12.2 Å². The molecular formula is C10H12FN3O4. The Hall–Kier alpha value is -1.80. The molecule has 7 nitrogen and oxygen atoms in total. The summed E-state index contributed by atoms with van der Waals surface area (Å²) < 4.78 is 19.6. The maximum atomic E-state index is 13.4. The van der Waals surface area contributed by atoms with Gasteiger partial charge in [0.25, 0.3) is 0 Å². The van der Waals surface area contributed by atoms with E-state index in [1.807, 2.05) is 0 Å². The van der Waals surface area contributed by atoms with E-state index < -0.39 is 30.8 Å². The summed E-state index contributed by atoms with van der Waals surface area (Å²) in [6.45, 7) is -0.477. The molecular weight excluding hydrogens is 245 g/mol. The molecule has 0 saturated carbocycles. The number of ether oxygens (including phenoxy) is 1. The number of aliphatic hydroxyl groups excluding tert-OH is 1. The highest BCUT2D eigenvalue weighted by molar-refractivity contribution is 5.80.